The second kappa shape index (κ2) is 6.73. The minimum absolute atomic E-state index is 0.0743. The molecule has 5 atom stereocenters. The summed E-state index contributed by atoms with van der Waals surface area (Å²) in [7, 11) is 0. The van der Waals surface area contributed by atoms with Crippen LogP contribution in [0.1, 0.15) is 74.7 Å². The Kier molecular flexibility index (Phi) is 4.57. The fourth-order valence-electron chi connectivity index (χ4n) is 6.29. The van der Waals surface area contributed by atoms with Crippen LogP contribution in [-0.2, 0) is 14.3 Å². The van der Waals surface area contributed by atoms with Crippen LogP contribution in [0, 0.1) is 29.6 Å². The first-order valence-electron chi connectivity index (χ1n) is 10.2. The van der Waals surface area contributed by atoms with Gasteiger partial charge in [-0.15, -0.1) is 6.42 Å². The summed E-state index contributed by atoms with van der Waals surface area (Å²) in [6.07, 6.45) is 9.57. The molecule has 0 aromatic heterocycles. The van der Waals surface area contributed by atoms with Crippen LogP contribution in [0.4, 0.5) is 0 Å². The van der Waals surface area contributed by atoms with Gasteiger partial charge in [0.25, 0.3) is 0 Å². The lowest BCUT2D eigenvalue weighted by Crippen LogP contribution is -2.52. The number of terminal acetylenes is 1. The number of benzene rings is 1. The van der Waals surface area contributed by atoms with Crippen molar-refractivity contribution in [1.82, 2.24) is 0 Å². The Morgan fingerprint density at radius 2 is 1.93 bits per heavy atom. The Morgan fingerprint density at radius 3 is 2.59 bits per heavy atom. The minimum Gasteiger partial charge on any atom is -0.445 e. The molecule has 2 fully saturated rings. The maximum Gasteiger partial charge on any atom is 0.308 e. The molecule has 1 aromatic rings. The van der Waals surface area contributed by atoms with E-state index in [1.807, 2.05) is 6.07 Å². The molecule has 1 aromatic carbocycles. The summed E-state index contributed by atoms with van der Waals surface area (Å²) in [4.78, 5) is 36.1. The van der Waals surface area contributed by atoms with Gasteiger partial charge in [0.15, 0.2) is 11.4 Å². The van der Waals surface area contributed by atoms with E-state index in [2.05, 4.69) is 12.8 Å². The topological polar surface area (TPSA) is 69.7 Å². The van der Waals surface area contributed by atoms with Crippen LogP contribution in [0.15, 0.2) is 18.2 Å². The molecule has 0 N–H and O–H groups in total. The smallest absolute Gasteiger partial charge is 0.308 e. The molecule has 0 aliphatic heterocycles. The first-order chi connectivity index (χ1) is 13.7. The van der Waals surface area contributed by atoms with E-state index < -0.39 is 11.6 Å². The van der Waals surface area contributed by atoms with Crippen LogP contribution >= 0.6 is 0 Å². The van der Waals surface area contributed by atoms with Crippen molar-refractivity contribution in [3.63, 3.8) is 0 Å². The number of Topliss-reactive ketones (excluding diaryl/α,β-unsaturated/α-hetero) is 1. The van der Waals surface area contributed by atoms with Crippen LogP contribution < -0.4 is 4.74 Å². The van der Waals surface area contributed by atoms with Crippen molar-refractivity contribution in [3.8, 4) is 18.1 Å². The number of carbonyl (C=O) groups excluding carboxylic acids is 3. The number of ketones is 1. The largest absolute Gasteiger partial charge is 0.445 e. The van der Waals surface area contributed by atoms with Crippen molar-refractivity contribution in [2.45, 2.75) is 64.4 Å². The molecule has 3 aliphatic rings. The Hall–Kier alpha value is -2.61. The van der Waals surface area contributed by atoms with Crippen LogP contribution in [-0.4, -0.2) is 23.3 Å². The number of fused-ring (bicyclic) bond motifs is 5. The van der Waals surface area contributed by atoms with E-state index in [1.165, 1.54) is 13.8 Å². The van der Waals surface area contributed by atoms with Gasteiger partial charge in [-0.1, -0.05) is 18.9 Å². The molecular weight excluding hydrogens is 368 g/mol. The van der Waals surface area contributed by atoms with Gasteiger partial charge in [0.05, 0.1) is 0 Å². The lowest BCUT2D eigenvalue weighted by atomic mass is 9.53. The summed E-state index contributed by atoms with van der Waals surface area (Å²) in [5.41, 5.74) is 0.478. The number of esters is 2. The maximum absolute atomic E-state index is 13.0. The molecule has 5 heteroatoms. The number of hydrogen-bond donors (Lipinski definition) is 0. The maximum atomic E-state index is 13.0. The molecule has 152 valence electrons. The van der Waals surface area contributed by atoms with Gasteiger partial charge in [-0.05, 0) is 61.1 Å². The summed E-state index contributed by atoms with van der Waals surface area (Å²) >= 11 is 0. The van der Waals surface area contributed by atoms with E-state index in [4.69, 9.17) is 15.9 Å². The first-order valence-corrected chi connectivity index (χ1v) is 10.2. The Morgan fingerprint density at radius 1 is 1.17 bits per heavy atom. The molecule has 0 amide bonds. The van der Waals surface area contributed by atoms with Gasteiger partial charge in [-0.3, -0.25) is 14.4 Å². The van der Waals surface area contributed by atoms with Gasteiger partial charge in [0, 0.05) is 31.2 Å². The third-order valence-corrected chi connectivity index (χ3v) is 7.52. The number of ether oxygens (including phenoxy) is 2. The zero-order valence-corrected chi connectivity index (χ0v) is 17.1. The molecule has 3 aliphatic carbocycles. The van der Waals surface area contributed by atoms with E-state index in [0.29, 0.717) is 24.2 Å². The van der Waals surface area contributed by atoms with Gasteiger partial charge in [-0.2, -0.15) is 0 Å². The highest BCUT2D eigenvalue weighted by molar-refractivity contribution is 5.99. The van der Waals surface area contributed by atoms with E-state index in [0.717, 1.165) is 24.8 Å². The summed E-state index contributed by atoms with van der Waals surface area (Å²) in [5.74, 6) is 3.22. The highest BCUT2D eigenvalue weighted by Crippen LogP contribution is 2.65. The van der Waals surface area contributed by atoms with E-state index in [-0.39, 0.29) is 34.9 Å². The number of rotatable bonds is 2. The normalized spacial score (nSPS) is 35.0. The highest BCUT2D eigenvalue weighted by Gasteiger charge is 2.64. The Bertz CT molecular complexity index is 941. The van der Waals surface area contributed by atoms with Crippen molar-refractivity contribution < 1.29 is 23.9 Å². The van der Waals surface area contributed by atoms with Crippen molar-refractivity contribution in [3.05, 3.63) is 29.3 Å². The van der Waals surface area contributed by atoms with Gasteiger partial charge in [-0.25, -0.2) is 0 Å². The molecule has 5 nitrogen and oxygen atoms in total. The monoisotopic (exact) mass is 394 g/mol. The second-order valence-corrected chi connectivity index (χ2v) is 8.91. The van der Waals surface area contributed by atoms with Gasteiger partial charge in [0.2, 0.25) is 0 Å². The average molecular weight is 394 g/mol. The predicted octanol–water partition coefficient (Wildman–Crippen LogP) is 4.04. The number of carbonyl (C=O) groups is 3. The van der Waals surface area contributed by atoms with Gasteiger partial charge >= 0.3 is 11.9 Å². The van der Waals surface area contributed by atoms with Gasteiger partial charge < -0.3 is 9.47 Å². The molecular formula is C24H26O5. The summed E-state index contributed by atoms with van der Waals surface area (Å²) in [6, 6.07) is 5.39. The average Bonchev–Trinajstić information content (AvgIpc) is 2.94. The first kappa shape index (κ1) is 19.7. The molecule has 0 radical (unpaired) electrons. The Labute approximate surface area is 171 Å². The molecule has 29 heavy (non-hydrogen) atoms. The van der Waals surface area contributed by atoms with Crippen molar-refractivity contribution in [1.29, 1.82) is 0 Å². The molecule has 0 unspecified atom stereocenters. The molecule has 0 bridgehead atoms. The zero-order chi connectivity index (χ0) is 21.0. The van der Waals surface area contributed by atoms with Crippen LogP contribution in [0.5, 0.6) is 5.75 Å². The zero-order valence-electron chi connectivity index (χ0n) is 17.1. The number of hydrogen-bond acceptors (Lipinski definition) is 5. The third-order valence-electron chi connectivity index (χ3n) is 7.52. The van der Waals surface area contributed by atoms with Crippen molar-refractivity contribution in [2.24, 2.45) is 17.3 Å². The third kappa shape index (κ3) is 2.88. The van der Waals surface area contributed by atoms with Crippen LogP contribution in [0.3, 0.4) is 0 Å². The van der Waals surface area contributed by atoms with Crippen molar-refractivity contribution in [2.75, 3.05) is 0 Å². The fourth-order valence-corrected chi connectivity index (χ4v) is 6.29. The standard InChI is InChI=1S/C24H26O5/c1-5-24(29-15(3)26)11-9-21-19-13-22(27)20-12-16(28-14(2)25)6-7-17(20)18(19)8-10-23(21,24)4/h1,6-7,12,18-19,21H,8-11,13H2,2-4H3/t18-,19-,21-,23+,24-/m1/s1. The summed E-state index contributed by atoms with van der Waals surface area (Å²) < 4.78 is 10.9. The van der Waals surface area contributed by atoms with E-state index >= 15 is 0 Å². The predicted molar refractivity (Wildman–Crippen MR) is 106 cm³/mol. The lowest BCUT2D eigenvalue weighted by Gasteiger charge is -2.52. The lowest BCUT2D eigenvalue weighted by molar-refractivity contribution is -0.165. The highest BCUT2D eigenvalue weighted by atomic mass is 16.6. The fraction of sp³-hybridized carbons (Fsp3) is 0.542. The molecule has 2 saturated carbocycles. The summed E-state index contributed by atoms with van der Waals surface area (Å²) in [5, 5.41) is 0. The Balaban J connectivity index is 1.69. The van der Waals surface area contributed by atoms with E-state index in [1.54, 1.807) is 12.1 Å². The van der Waals surface area contributed by atoms with Crippen LogP contribution in [0.25, 0.3) is 0 Å². The summed E-state index contributed by atoms with van der Waals surface area (Å²) in [6.45, 7) is 4.89. The quantitative estimate of drug-likeness (QED) is 0.430. The SMILES string of the molecule is C#C[C@@]1(OC(C)=O)CC[C@@H]2[C@@H]3CC(=O)c4cc(OC(C)=O)ccc4[C@H]3CC[C@@]21C. The van der Waals surface area contributed by atoms with E-state index in [9.17, 15) is 14.4 Å². The molecule has 0 spiro atoms. The van der Waals surface area contributed by atoms with Crippen molar-refractivity contribution >= 4 is 17.7 Å². The molecule has 0 saturated heterocycles. The molecule has 0 heterocycles. The molecule has 4 rings (SSSR count). The second-order valence-electron chi connectivity index (χ2n) is 8.91. The van der Waals surface area contributed by atoms with Crippen LogP contribution in [0.2, 0.25) is 0 Å². The van der Waals surface area contributed by atoms with Gasteiger partial charge in [0.1, 0.15) is 5.75 Å². The minimum atomic E-state index is -0.892.